The Morgan fingerprint density at radius 3 is 2.65 bits per heavy atom. The summed E-state index contributed by atoms with van der Waals surface area (Å²) in [4.78, 5) is 38.1. The number of aryl methyl sites for hydroxylation is 2. The van der Waals surface area contributed by atoms with Gasteiger partial charge in [-0.05, 0) is 37.8 Å². The zero-order chi connectivity index (χ0) is 18.7. The van der Waals surface area contributed by atoms with Crippen LogP contribution in [0.3, 0.4) is 0 Å². The van der Waals surface area contributed by atoms with E-state index in [1.807, 2.05) is 32.0 Å². The van der Waals surface area contributed by atoms with Gasteiger partial charge in [0.05, 0.1) is 6.42 Å². The van der Waals surface area contributed by atoms with Gasteiger partial charge in [-0.15, -0.1) is 0 Å². The first-order chi connectivity index (χ1) is 12.4. The van der Waals surface area contributed by atoms with Gasteiger partial charge in [-0.1, -0.05) is 43.0 Å². The fraction of sp³-hybridized carbons (Fsp3) is 0.550. The van der Waals surface area contributed by atoms with Gasteiger partial charge in [-0.3, -0.25) is 14.5 Å². The lowest BCUT2D eigenvalue weighted by molar-refractivity contribution is -0.145. The van der Waals surface area contributed by atoms with Crippen molar-refractivity contribution in [3.05, 3.63) is 34.9 Å². The molecule has 140 valence electrons. The third-order valence-corrected chi connectivity index (χ3v) is 5.39. The summed E-state index contributed by atoms with van der Waals surface area (Å²) in [6, 6.07) is 5.61. The second-order valence-electron chi connectivity index (χ2n) is 7.37. The second-order valence-corrected chi connectivity index (χ2v) is 7.37. The molecule has 1 aliphatic carbocycles. The standard InChI is InChI=1S/C20H26N2O4/c1-14-6-7-15(2)16(12-14)13-26-17(23)8-11-22-18(24)20(21-19(22)25)9-4-3-5-10-20/h6-7,12H,3-5,8-11,13H2,1-2H3,(H,21,25). The van der Waals surface area contributed by atoms with E-state index in [0.29, 0.717) is 12.8 Å². The van der Waals surface area contributed by atoms with Crippen LogP contribution >= 0.6 is 0 Å². The van der Waals surface area contributed by atoms with Crippen molar-refractivity contribution in [3.8, 4) is 0 Å². The predicted molar refractivity (Wildman–Crippen MR) is 96.4 cm³/mol. The molecule has 1 aromatic rings. The van der Waals surface area contributed by atoms with E-state index in [4.69, 9.17) is 4.74 Å². The van der Waals surface area contributed by atoms with Crippen LogP contribution in [0.1, 0.15) is 55.2 Å². The molecular weight excluding hydrogens is 332 g/mol. The Labute approximate surface area is 153 Å². The number of nitrogens with one attached hydrogen (secondary N) is 1. The summed E-state index contributed by atoms with van der Waals surface area (Å²) in [5.41, 5.74) is 2.41. The quantitative estimate of drug-likeness (QED) is 0.648. The zero-order valence-corrected chi connectivity index (χ0v) is 15.5. The van der Waals surface area contributed by atoms with Gasteiger partial charge >= 0.3 is 12.0 Å². The van der Waals surface area contributed by atoms with Gasteiger partial charge in [0.2, 0.25) is 0 Å². The number of ether oxygens (including phenoxy) is 1. The Hall–Kier alpha value is -2.37. The van der Waals surface area contributed by atoms with E-state index in [1.54, 1.807) is 0 Å². The van der Waals surface area contributed by atoms with Gasteiger partial charge in [-0.25, -0.2) is 4.79 Å². The van der Waals surface area contributed by atoms with Crippen molar-refractivity contribution < 1.29 is 19.1 Å². The lowest BCUT2D eigenvalue weighted by Crippen LogP contribution is -2.48. The zero-order valence-electron chi connectivity index (χ0n) is 15.5. The third kappa shape index (κ3) is 3.74. The van der Waals surface area contributed by atoms with Crippen LogP contribution in [-0.2, 0) is 20.9 Å². The highest BCUT2D eigenvalue weighted by Crippen LogP contribution is 2.33. The number of urea groups is 1. The summed E-state index contributed by atoms with van der Waals surface area (Å²) in [6.45, 7) is 4.23. The van der Waals surface area contributed by atoms with Crippen LogP contribution in [0.15, 0.2) is 18.2 Å². The van der Waals surface area contributed by atoms with Crippen LogP contribution in [-0.4, -0.2) is 34.9 Å². The van der Waals surface area contributed by atoms with Gasteiger partial charge in [0.1, 0.15) is 12.1 Å². The molecule has 1 heterocycles. The molecule has 1 aromatic carbocycles. The highest BCUT2D eigenvalue weighted by atomic mass is 16.5. The number of nitrogens with zero attached hydrogens (tertiary/aromatic N) is 1. The Kier molecular flexibility index (Phi) is 5.30. The molecule has 1 saturated carbocycles. The number of rotatable bonds is 5. The largest absolute Gasteiger partial charge is 0.461 e. The Bertz CT molecular complexity index is 723. The Balaban J connectivity index is 1.52. The van der Waals surface area contributed by atoms with E-state index >= 15 is 0 Å². The summed E-state index contributed by atoms with van der Waals surface area (Å²) in [7, 11) is 0. The van der Waals surface area contributed by atoms with Crippen LogP contribution in [0.4, 0.5) is 4.79 Å². The van der Waals surface area contributed by atoms with Gasteiger partial charge in [0.25, 0.3) is 5.91 Å². The van der Waals surface area contributed by atoms with Crippen LogP contribution in [0.25, 0.3) is 0 Å². The molecule has 0 aromatic heterocycles. The van der Waals surface area contributed by atoms with E-state index in [2.05, 4.69) is 5.32 Å². The first kappa shape index (κ1) is 18.4. The molecule has 1 spiro atoms. The van der Waals surface area contributed by atoms with Gasteiger partial charge in [-0.2, -0.15) is 0 Å². The molecule has 3 rings (SSSR count). The molecule has 6 nitrogen and oxygen atoms in total. The van der Waals surface area contributed by atoms with Gasteiger partial charge in [0.15, 0.2) is 0 Å². The minimum atomic E-state index is -0.738. The normalized spacial score (nSPS) is 18.9. The Morgan fingerprint density at radius 1 is 1.19 bits per heavy atom. The summed E-state index contributed by atoms with van der Waals surface area (Å²) >= 11 is 0. The smallest absolute Gasteiger partial charge is 0.325 e. The molecule has 1 N–H and O–H groups in total. The molecule has 1 aliphatic heterocycles. The lowest BCUT2D eigenvalue weighted by atomic mass is 9.82. The van der Waals surface area contributed by atoms with E-state index < -0.39 is 11.5 Å². The SMILES string of the molecule is Cc1ccc(C)c(COC(=O)CCN2C(=O)NC3(CCCCC3)C2=O)c1. The maximum atomic E-state index is 12.7. The summed E-state index contributed by atoms with van der Waals surface area (Å²) in [5, 5.41) is 2.85. The molecule has 2 aliphatic rings. The number of esters is 1. The van der Waals surface area contributed by atoms with E-state index in [1.165, 1.54) is 4.90 Å². The maximum Gasteiger partial charge on any atom is 0.325 e. The average molecular weight is 358 g/mol. The van der Waals surface area contributed by atoms with Crippen molar-refractivity contribution in [2.75, 3.05) is 6.54 Å². The number of hydrogen-bond acceptors (Lipinski definition) is 4. The third-order valence-electron chi connectivity index (χ3n) is 5.39. The van der Waals surface area contributed by atoms with E-state index in [9.17, 15) is 14.4 Å². The number of benzene rings is 1. The lowest BCUT2D eigenvalue weighted by Gasteiger charge is -2.30. The van der Waals surface area contributed by atoms with Crippen LogP contribution in [0.2, 0.25) is 0 Å². The highest BCUT2D eigenvalue weighted by molar-refractivity contribution is 6.07. The van der Waals surface area contributed by atoms with Crippen molar-refractivity contribution in [2.45, 2.75) is 64.5 Å². The first-order valence-electron chi connectivity index (χ1n) is 9.27. The molecular formula is C20H26N2O4. The fourth-order valence-electron chi connectivity index (χ4n) is 3.76. The van der Waals surface area contributed by atoms with Crippen LogP contribution in [0, 0.1) is 13.8 Å². The highest BCUT2D eigenvalue weighted by Gasteiger charge is 2.51. The van der Waals surface area contributed by atoms with Crippen molar-refractivity contribution in [1.29, 1.82) is 0 Å². The minimum absolute atomic E-state index is 0.0140. The minimum Gasteiger partial charge on any atom is -0.461 e. The van der Waals surface area contributed by atoms with Crippen molar-refractivity contribution >= 4 is 17.9 Å². The van der Waals surface area contributed by atoms with Crippen molar-refractivity contribution in [1.82, 2.24) is 10.2 Å². The average Bonchev–Trinajstić information content (AvgIpc) is 2.84. The monoisotopic (exact) mass is 358 g/mol. The van der Waals surface area contributed by atoms with Crippen molar-refractivity contribution in [3.63, 3.8) is 0 Å². The predicted octanol–water partition coefficient (Wildman–Crippen LogP) is 2.99. The Morgan fingerprint density at radius 2 is 1.92 bits per heavy atom. The number of amides is 3. The summed E-state index contributed by atoms with van der Waals surface area (Å²) < 4.78 is 5.32. The molecule has 6 heteroatoms. The molecule has 0 radical (unpaired) electrons. The molecule has 0 atom stereocenters. The van der Waals surface area contributed by atoms with Crippen LogP contribution < -0.4 is 5.32 Å². The second kappa shape index (κ2) is 7.48. The number of hydrogen-bond donors (Lipinski definition) is 1. The van der Waals surface area contributed by atoms with Gasteiger partial charge < -0.3 is 10.1 Å². The molecule has 3 amide bonds. The van der Waals surface area contributed by atoms with E-state index in [0.717, 1.165) is 36.0 Å². The van der Waals surface area contributed by atoms with E-state index in [-0.39, 0.29) is 31.5 Å². The molecule has 1 saturated heterocycles. The molecule has 0 unspecified atom stereocenters. The molecule has 26 heavy (non-hydrogen) atoms. The summed E-state index contributed by atoms with van der Waals surface area (Å²) in [6.07, 6.45) is 4.36. The maximum absolute atomic E-state index is 12.7. The number of carbonyl (C=O) groups excluding carboxylic acids is 3. The topological polar surface area (TPSA) is 75.7 Å². The molecule has 2 fully saturated rings. The molecule has 0 bridgehead atoms. The van der Waals surface area contributed by atoms with Crippen LogP contribution in [0.5, 0.6) is 0 Å². The number of imide groups is 1. The fourth-order valence-corrected chi connectivity index (χ4v) is 3.76. The van der Waals surface area contributed by atoms with Crippen molar-refractivity contribution in [2.24, 2.45) is 0 Å². The van der Waals surface area contributed by atoms with Gasteiger partial charge in [0, 0.05) is 6.54 Å². The summed E-state index contributed by atoms with van der Waals surface area (Å²) in [5.74, 6) is -0.597. The number of carbonyl (C=O) groups is 3. The first-order valence-corrected chi connectivity index (χ1v) is 9.27.